The van der Waals surface area contributed by atoms with E-state index in [0.717, 1.165) is 18.2 Å². The third-order valence-electron chi connectivity index (χ3n) is 3.63. The number of amides is 1. The van der Waals surface area contributed by atoms with Gasteiger partial charge in [-0.3, -0.25) is 9.78 Å². The lowest BCUT2D eigenvalue weighted by Crippen LogP contribution is -2.42. The lowest BCUT2D eigenvalue weighted by Gasteiger charge is -2.14. The molecule has 0 radical (unpaired) electrons. The van der Waals surface area contributed by atoms with Gasteiger partial charge in [-0.25, -0.2) is 0 Å². The summed E-state index contributed by atoms with van der Waals surface area (Å²) in [5.41, 5.74) is 1.18. The zero-order chi connectivity index (χ0) is 13.9. The molecule has 4 nitrogen and oxygen atoms in total. The molecule has 2 aromatic rings. The Morgan fingerprint density at radius 3 is 3.00 bits per heavy atom. The van der Waals surface area contributed by atoms with Crippen molar-refractivity contribution in [2.75, 3.05) is 0 Å². The van der Waals surface area contributed by atoms with Crippen LogP contribution in [0.5, 0.6) is 0 Å². The maximum Gasteiger partial charge on any atom is 0.237 e. The summed E-state index contributed by atoms with van der Waals surface area (Å²) >= 11 is 0. The van der Waals surface area contributed by atoms with E-state index in [1.165, 1.54) is 10.9 Å². The Labute approximate surface area is 118 Å². The van der Waals surface area contributed by atoms with Gasteiger partial charge in [0.25, 0.3) is 0 Å². The summed E-state index contributed by atoms with van der Waals surface area (Å²) in [7, 11) is 0. The highest BCUT2D eigenvalue weighted by Crippen LogP contribution is 2.18. The van der Waals surface area contributed by atoms with Crippen LogP contribution in [0.25, 0.3) is 10.8 Å². The van der Waals surface area contributed by atoms with Gasteiger partial charge in [-0.1, -0.05) is 12.1 Å². The third kappa shape index (κ3) is 3.14. The van der Waals surface area contributed by atoms with Crippen LogP contribution in [-0.2, 0) is 11.3 Å². The van der Waals surface area contributed by atoms with Gasteiger partial charge in [0.15, 0.2) is 0 Å². The molecule has 1 saturated carbocycles. The first-order valence-corrected chi connectivity index (χ1v) is 7.09. The van der Waals surface area contributed by atoms with Crippen molar-refractivity contribution >= 4 is 16.7 Å². The molecule has 0 aliphatic heterocycles. The van der Waals surface area contributed by atoms with E-state index in [0.29, 0.717) is 12.6 Å². The molecule has 1 amide bonds. The summed E-state index contributed by atoms with van der Waals surface area (Å²) in [6, 6.07) is 8.53. The summed E-state index contributed by atoms with van der Waals surface area (Å²) in [5, 5.41) is 8.59. The number of aromatic nitrogens is 1. The Morgan fingerprint density at radius 1 is 1.35 bits per heavy atom. The first kappa shape index (κ1) is 13.1. The largest absolute Gasteiger partial charge is 0.352 e. The Balaban J connectivity index is 1.59. The van der Waals surface area contributed by atoms with Crippen molar-refractivity contribution < 1.29 is 4.79 Å². The molecule has 1 unspecified atom stereocenters. The number of benzene rings is 1. The molecule has 1 aromatic heterocycles. The fourth-order valence-corrected chi connectivity index (χ4v) is 2.16. The van der Waals surface area contributed by atoms with Crippen LogP contribution in [0, 0.1) is 0 Å². The predicted molar refractivity (Wildman–Crippen MR) is 79.2 cm³/mol. The number of hydrogen-bond acceptors (Lipinski definition) is 3. The number of nitrogens with one attached hydrogen (secondary N) is 2. The van der Waals surface area contributed by atoms with Gasteiger partial charge in [-0.15, -0.1) is 0 Å². The number of fused-ring (bicyclic) bond motifs is 1. The zero-order valence-electron chi connectivity index (χ0n) is 11.6. The van der Waals surface area contributed by atoms with Crippen molar-refractivity contribution in [2.45, 2.75) is 38.4 Å². The van der Waals surface area contributed by atoms with Crippen LogP contribution in [0.15, 0.2) is 36.7 Å². The van der Waals surface area contributed by atoms with Crippen LogP contribution in [0.1, 0.15) is 25.3 Å². The van der Waals surface area contributed by atoms with Crippen LogP contribution < -0.4 is 10.6 Å². The molecular weight excluding hydrogens is 250 g/mol. The maximum atomic E-state index is 11.8. The number of hydrogen-bond donors (Lipinski definition) is 2. The molecule has 1 heterocycles. The summed E-state index contributed by atoms with van der Waals surface area (Å²) in [4.78, 5) is 16.0. The Hall–Kier alpha value is -1.94. The van der Waals surface area contributed by atoms with E-state index in [9.17, 15) is 4.79 Å². The molecule has 0 spiro atoms. The van der Waals surface area contributed by atoms with E-state index in [-0.39, 0.29) is 11.9 Å². The average Bonchev–Trinajstić information content (AvgIpc) is 3.28. The molecule has 0 bridgehead atoms. The topological polar surface area (TPSA) is 54.0 Å². The van der Waals surface area contributed by atoms with Crippen molar-refractivity contribution in [3.63, 3.8) is 0 Å². The van der Waals surface area contributed by atoms with E-state index in [2.05, 4.69) is 33.8 Å². The molecule has 104 valence electrons. The van der Waals surface area contributed by atoms with E-state index in [1.807, 2.05) is 19.2 Å². The second-order valence-corrected chi connectivity index (χ2v) is 5.44. The zero-order valence-corrected chi connectivity index (χ0v) is 11.6. The number of carbonyl (C=O) groups excluding carboxylic acids is 1. The van der Waals surface area contributed by atoms with Gasteiger partial charge >= 0.3 is 0 Å². The van der Waals surface area contributed by atoms with Crippen molar-refractivity contribution in [3.8, 4) is 0 Å². The number of carbonyl (C=O) groups is 1. The molecule has 2 N–H and O–H groups in total. The van der Waals surface area contributed by atoms with E-state index >= 15 is 0 Å². The smallest absolute Gasteiger partial charge is 0.237 e. The van der Waals surface area contributed by atoms with E-state index < -0.39 is 0 Å². The minimum atomic E-state index is -0.163. The quantitative estimate of drug-likeness (QED) is 0.873. The van der Waals surface area contributed by atoms with Gasteiger partial charge in [0.2, 0.25) is 5.91 Å². The molecule has 20 heavy (non-hydrogen) atoms. The lowest BCUT2D eigenvalue weighted by molar-refractivity contribution is -0.122. The Kier molecular flexibility index (Phi) is 3.65. The molecule has 1 atom stereocenters. The van der Waals surface area contributed by atoms with Crippen LogP contribution in [-0.4, -0.2) is 23.0 Å². The van der Waals surface area contributed by atoms with Gasteiger partial charge in [-0.2, -0.15) is 0 Å². The second-order valence-electron chi connectivity index (χ2n) is 5.44. The molecule has 0 saturated heterocycles. The van der Waals surface area contributed by atoms with Crippen molar-refractivity contribution in [3.05, 3.63) is 42.2 Å². The molecule has 4 heteroatoms. The van der Waals surface area contributed by atoms with Crippen LogP contribution in [0.2, 0.25) is 0 Å². The predicted octanol–water partition coefficient (Wildman–Crippen LogP) is 1.99. The summed E-state index contributed by atoms with van der Waals surface area (Å²) in [6.45, 7) is 2.60. The molecule has 1 aromatic carbocycles. The van der Waals surface area contributed by atoms with Gasteiger partial charge < -0.3 is 10.6 Å². The molecule has 3 rings (SSSR count). The fraction of sp³-hybridized carbons (Fsp3) is 0.375. The average molecular weight is 269 g/mol. The van der Waals surface area contributed by atoms with Crippen LogP contribution >= 0.6 is 0 Å². The van der Waals surface area contributed by atoms with Gasteiger partial charge in [0, 0.05) is 30.4 Å². The van der Waals surface area contributed by atoms with Crippen LogP contribution in [0.4, 0.5) is 0 Å². The van der Waals surface area contributed by atoms with Gasteiger partial charge in [-0.05, 0) is 42.8 Å². The minimum Gasteiger partial charge on any atom is -0.352 e. The molecular formula is C16H19N3O. The monoisotopic (exact) mass is 269 g/mol. The van der Waals surface area contributed by atoms with Crippen molar-refractivity contribution in [1.29, 1.82) is 0 Å². The first-order chi connectivity index (χ1) is 9.72. The maximum absolute atomic E-state index is 11.8. The summed E-state index contributed by atoms with van der Waals surface area (Å²) in [6.07, 6.45) is 5.90. The minimum absolute atomic E-state index is 0.0949. The summed E-state index contributed by atoms with van der Waals surface area (Å²) in [5.74, 6) is 0.0949. The Morgan fingerprint density at radius 2 is 2.20 bits per heavy atom. The standard InChI is InChI=1S/C16H19N3O/c1-11(16(20)19-15-4-5-15)18-9-12-2-3-14-10-17-7-6-13(14)8-12/h2-3,6-8,10-11,15,18H,4-5,9H2,1H3,(H,19,20). The van der Waals surface area contributed by atoms with Crippen molar-refractivity contribution in [1.82, 2.24) is 15.6 Å². The highest BCUT2D eigenvalue weighted by Gasteiger charge is 2.25. The Bertz CT molecular complexity index is 622. The van der Waals surface area contributed by atoms with Gasteiger partial charge in [0.1, 0.15) is 0 Å². The fourth-order valence-electron chi connectivity index (χ4n) is 2.16. The molecule has 1 aliphatic carbocycles. The number of nitrogens with zero attached hydrogens (tertiary/aromatic N) is 1. The number of pyridine rings is 1. The number of rotatable bonds is 5. The highest BCUT2D eigenvalue weighted by atomic mass is 16.2. The molecule has 1 aliphatic rings. The van der Waals surface area contributed by atoms with Crippen LogP contribution in [0.3, 0.4) is 0 Å². The van der Waals surface area contributed by atoms with E-state index in [1.54, 1.807) is 6.20 Å². The normalized spacial score (nSPS) is 16.1. The SMILES string of the molecule is CC(NCc1ccc2cnccc2c1)C(=O)NC1CC1. The molecule has 1 fully saturated rings. The highest BCUT2D eigenvalue weighted by molar-refractivity contribution is 5.82. The lowest BCUT2D eigenvalue weighted by atomic mass is 10.1. The van der Waals surface area contributed by atoms with Gasteiger partial charge in [0.05, 0.1) is 6.04 Å². The van der Waals surface area contributed by atoms with E-state index in [4.69, 9.17) is 0 Å². The first-order valence-electron chi connectivity index (χ1n) is 7.09. The van der Waals surface area contributed by atoms with Crippen molar-refractivity contribution in [2.24, 2.45) is 0 Å². The second kappa shape index (κ2) is 5.59. The summed E-state index contributed by atoms with van der Waals surface area (Å²) < 4.78 is 0. The third-order valence-corrected chi connectivity index (χ3v) is 3.63.